The quantitative estimate of drug-likeness (QED) is 0.331. The van der Waals surface area contributed by atoms with Gasteiger partial charge in [0.15, 0.2) is 0 Å². The van der Waals surface area contributed by atoms with Crippen LogP contribution < -0.4 is 0 Å². The van der Waals surface area contributed by atoms with Crippen LogP contribution in [0.25, 0.3) is 33.6 Å². The summed E-state index contributed by atoms with van der Waals surface area (Å²) in [4.78, 5) is 20.0. The van der Waals surface area contributed by atoms with E-state index in [4.69, 9.17) is 25.9 Å². The summed E-state index contributed by atoms with van der Waals surface area (Å²) in [6, 6.07) is 17.7. The van der Waals surface area contributed by atoms with Crippen molar-refractivity contribution in [2.24, 2.45) is 5.92 Å². The number of halogens is 1. The Bertz CT molecular complexity index is 1290. The van der Waals surface area contributed by atoms with E-state index in [-0.39, 0.29) is 12.7 Å². The molecule has 0 spiro atoms. The number of fused-ring (bicyclic) bond motifs is 1. The molecule has 34 heavy (non-hydrogen) atoms. The standard InChI is InChI=1S/C27H25ClN2O4/c28-20-11-9-18(10-12-20)24-25-22(14-17-5-4-8-21(13-17)33-15-23(31)32)29-16-30-27(25)34-26(24)19-6-2-1-3-7-19/h1-3,6-7,9-12,16-17,21H,4-5,8,13-15H2,(H,31,32)/t17-,21+/m0/s1. The molecule has 2 heterocycles. The van der Waals surface area contributed by atoms with E-state index < -0.39 is 5.97 Å². The first kappa shape index (κ1) is 22.6. The normalized spacial score (nSPS) is 18.3. The van der Waals surface area contributed by atoms with Gasteiger partial charge in [-0.1, -0.05) is 60.5 Å². The fourth-order valence-electron chi connectivity index (χ4n) is 4.87. The van der Waals surface area contributed by atoms with Crippen molar-refractivity contribution in [2.75, 3.05) is 6.61 Å². The van der Waals surface area contributed by atoms with Crippen LogP contribution >= 0.6 is 11.6 Å². The Morgan fingerprint density at radius 2 is 1.85 bits per heavy atom. The van der Waals surface area contributed by atoms with Gasteiger partial charge >= 0.3 is 5.97 Å². The van der Waals surface area contributed by atoms with E-state index >= 15 is 0 Å². The lowest BCUT2D eigenvalue weighted by molar-refractivity contribution is -0.145. The van der Waals surface area contributed by atoms with Gasteiger partial charge in [-0.25, -0.2) is 14.8 Å². The van der Waals surface area contributed by atoms with Gasteiger partial charge in [-0.2, -0.15) is 0 Å². The zero-order chi connectivity index (χ0) is 23.5. The fraction of sp³-hybridized carbons (Fsp3) is 0.296. The number of hydrogen-bond donors (Lipinski definition) is 1. The second-order valence-corrected chi connectivity index (χ2v) is 9.18. The largest absolute Gasteiger partial charge is 0.480 e. The van der Waals surface area contributed by atoms with Crippen LogP contribution in [-0.4, -0.2) is 33.8 Å². The Balaban J connectivity index is 1.55. The number of carboxylic acids is 1. The van der Waals surface area contributed by atoms with E-state index in [0.717, 1.165) is 65.6 Å². The van der Waals surface area contributed by atoms with Crippen molar-refractivity contribution < 1.29 is 19.1 Å². The van der Waals surface area contributed by atoms with Crippen LogP contribution in [0.5, 0.6) is 0 Å². The van der Waals surface area contributed by atoms with Gasteiger partial charge in [0.1, 0.15) is 18.7 Å². The smallest absolute Gasteiger partial charge is 0.329 e. The number of carbonyl (C=O) groups is 1. The first-order valence-electron chi connectivity index (χ1n) is 11.5. The lowest BCUT2D eigenvalue weighted by Gasteiger charge is -2.28. The van der Waals surface area contributed by atoms with Crippen LogP contribution in [0, 0.1) is 5.92 Å². The first-order chi connectivity index (χ1) is 16.6. The van der Waals surface area contributed by atoms with E-state index in [0.29, 0.717) is 16.7 Å². The Morgan fingerprint density at radius 3 is 2.62 bits per heavy atom. The summed E-state index contributed by atoms with van der Waals surface area (Å²) in [5.41, 5.74) is 4.41. The molecule has 174 valence electrons. The minimum atomic E-state index is -0.931. The van der Waals surface area contributed by atoms with Crippen LogP contribution in [0.2, 0.25) is 5.02 Å². The molecular weight excluding hydrogens is 452 g/mol. The second kappa shape index (κ2) is 9.95. The number of carboxylic acid groups (broad SMARTS) is 1. The lowest BCUT2D eigenvalue weighted by Crippen LogP contribution is -2.26. The van der Waals surface area contributed by atoms with Crippen molar-refractivity contribution in [2.45, 2.75) is 38.2 Å². The van der Waals surface area contributed by atoms with Crippen LogP contribution in [0.4, 0.5) is 0 Å². The SMILES string of the molecule is O=C(O)CO[C@@H]1CCC[C@H](Cc2ncnc3oc(-c4ccccc4)c(-c4ccc(Cl)cc4)c23)C1. The number of rotatable bonds is 7. The maximum Gasteiger partial charge on any atom is 0.329 e. The molecular formula is C27H25ClN2O4. The molecule has 1 aliphatic carbocycles. The Hall–Kier alpha value is -3.22. The number of hydrogen-bond acceptors (Lipinski definition) is 5. The predicted octanol–water partition coefficient (Wildman–Crippen LogP) is 6.41. The summed E-state index contributed by atoms with van der Waals surface area (Å²) in [7, 11) is 0. The van der Waals surface area contributed by atoms with Gasteiger partial charge in [-0.3, -0.25) is 0 Å². The van der Waals surface area contributed by atoms with Gasteiger partial charge in [0, 0.05) is 16.1 Å². The van der Waals surface area contributed by atoms with Gasteiger partial charge in [-0.15, -0.1) is 0 Å². The molecule has 1 N–H and O–H groups in total. The number of aliphatic carboxylic acids is 1. The summed E-state index contributed by atoms with van der Waals surface area (Å²) < 4.78 is 11.9. The van der Waals surface area contributed by atoms with Crippen molar-refractivity contribution in [3.05, 3.63) is 71.6 Å². The topological polar surface area (TPSA) is 85.5 Å². The summed E-state index contributed by atoms with van der Waals surface area (Å²) >= 11 is 6.17. The molecule has 2 atom stereocenters. The molecule has 2 aromatic carbocycles. The van der Waals surface area contributed by atoms with E-state index in [1.807, 2.05) is 54.6 Å². The third-order valence-corrected chi connectivity index (χ3v) is 6.65. The maximum absolute atomic E-state index is 10.9. The highest BCUT2D eigenvalue weighted by molar-refractivity contribution is 6.30. The molecule has 0 saturated heterocycles. The Labute approximate surface area is 202 Å². The highest BCUT2D eigenvalue weighted by atomic mass is 35.5. The summed E-state index contributed by atoms with van der Waals surface area (Å²) in [6.07, 6.45) is 6.04. The number of aromatic nitrogens is 2. The van der Waals surface area contributed by atoms with Crippen molar-refractivity contribution in [1.82, 2.24) is 9.97 Å². The minimum absolute atomic E-state index is 0.0351. The van der Waals surface area contributed by atoms with E-state index in [1.54, 1.807) is 6.33 Å². The average Bonchev–Trinajstić information content (AvgIpc) is 3.25. The Kier molecular flexibility index (Phi) is 6.61. The number of benzene rings is 2. The predicted molar refractivity (Wildman–Crippen MR) is 131 cm³/mol. The molecule has 7 heteroatoms. The zero-order valence-corrected chi connectivity index (χ0v) is 19.4. The third kappa shape index (κ3) is 4.83. The van der Waals surface area contributed by atoms with Crippen LogP contribution in [0.1, 0.15) is 31.4 Å². The van der Waals surface area contributed by atoms with Crippen LogP contribution in [0.15, 0.2) is 65.3 Å². The van der Waals surface area contributed by atoms with E-state index in [9.17, 15) is 4.79 Å². The maximum atomic E-state index is 10.9. The fourth-order valence-corrected chi connectivity index (χ4v) is 5.00. The molecule has 2 aromatic heterocycles. The number of nitrogens with zero attached hydrogens (tertiary/aromatic N) is 2. The highest BCUT2D eigenvalue weighted by Gasteiger charge is 2.27. The van der Waals surface area contributed by atoms with Gasteiger partial charge < -0.3 is 14.3 Å². The minimum Gasteiger partial charge on any atom is -0.480 e. The van der Waals surface area contributed by atoms with Crippen molar-refractivity contribution in [3.8, 4) is 22.5 Å². The molecule has 0 aliphatic heterocycles. The highest BCUT2D eigenvalue weighted by Crippen LogP contribution is 2.42. The molecule has 0 radical (unpaired) electrons. The Morgan fingerprint density at radius 1 is 1.06 bits per heavy atom. The van der Waals surface area contributed by atoms with Gasteiger partial charge in [0.2, 0.25) is 5.71 Å². The molecule has 1 fully saturated rings. The third-order valence-electron chi connectivity index (χ3n) is 6.39. The molecule has 1 saturated carbocycles. The van der Waals surface area contributed by atoms with Crippen LogP contribution in [-0.2, 0) is 16.0 Å². The van der Waals surface area contributed by atoms with Crippen LogP contribution in [0.3, 0.4) is 0 Å². The summed E-state index contributed by atoms with van der Waals surface area (Å²) in [5, 5.41) is 10.5. The first-order valence-corrected chi connectivity index (χ1v) is 11.9. The van der Waals surface area contributed by atoms with E-state index in [2.05, 4.69) is 9.97 Å². The monoisotopic (exact) mass is 476 g/mol. The second-order valence-electron chi connectivity index (χ2n) is 8.74. The molecule has 0 amide bonds. The average molecular weight is 477 g/mol. The van der Waals surface area contributed by atoms with Crippen molar-refractivity contribution in [1.29, 1.82) is 0 Å². The van der Waals surface area contributed by atoms with Gasteiger partial charge in [0.25, 0.3) is 0 Å². The zero-order valence-electron chi connectivity index (χ0n) is 18.6. The molecule has 1 aliphatic rings. The van der Waals surface area contributed by atoms with E-state index in [1.165, 1.54) is 0 Å². The lowest BCUT2D eigenvalue weighted by atomic mass is 9.83. The number of furan rings is 1. The molecule has 0 bridgehead atoms. The number of ether oxygens (including phenoxy) is 1. The van der Waals surface area contributed by atoms with Crippen molar-refractivity contribution in [3.63, 3.8) is 0 Å². The summed E-state index contributed by atoms with van der Waals surface area (Å²) in [6.45, 7) is -0.252. The van der Waals surface area contributed by atoms with Crippen molar-refractivity contribution >= 4 is 28.7 Å². The van der Waals surface area contributed by atoms with Gasteiger partial charge in [0.05, 0.1) is 17.2 Å². The van der Waals surface area contributed by atoms with Gasteiger partial charge in [-0.05, 0) is 49.3 Å². The summed E-state index contributed by atoms with van der Waals surface area (Å²) in [5.74, 6) is 0.170. The molecule has 6 nitrogen and oxygen atoms in total. The molecule has 4 aromatic rings. The molecule has 0 unspecified atom stereocenters. The molecule has 5 rings (SSSR count).